The predicted octanol–water partition coefficient (Wildman–Crippen LogP) is 1.96. The second-order valence-electron chi connectivity index (χ2n) is 3.01. The van der Waals surface area contributed by atoms with Gasteiger partial charge in [0.2, 0.25) is 0 Å². The first-order valence-corrected chi connectivity index (χ1v) is 4.78. The van der Waals surface area contributed by atoms with E-state index in [1.807, 2.05) is 0 Å². The fourth-order valence-electron chi connectivity index (χ4n) is 1.04. The van der Waals surface area contributed by atoms with E-state index in [0.717, 1.165) is 19.3 Å². The van der Waals surface area contributed by atoms with E-state index in [4.69, 9.17) is 4.74 Å². The lowest BCUT2D eigenvalue weighted by Crippen LogP contribution is -2.07. The molecule has 1 heterocycles. The van der Waals surface area contributed by atoms with Crippen LogP contribution in [0.2, 0.25) is 0 Å². The molecule has 0 saturated carbocycles. The molecule has 1 aromatic rings. The van der Waals surface area contributed by atoms with Crippen LogP contribution in [0.5, 0.6) is 5.75 Å². The maximum Gasteiger partial charge on any atom is 0.311 e. The fourth-order valence-corrected chi connectivity index (χ4v) is 1.04. The number of rotatable bonds is 5. The Balaban J connectivity index is 2.27. The maximum absolute atomic E-state index is 11.2. The number of aromatic nitrogens is 2. The standard InChI is InChI=1S/C10H14N2O2/c1-2-3-4-5-10(13)14-9-6-11-8-12-7-9/h6-8H,2-5H2,1H3. The molecule has 1 aromatic heterocycles. The van der Waals surface area contributed by atoms with Crippen molar-refractivity contribution in [3.05, 3.63) is 18.7 Å². The molecule has 0 unspecified atom stereocenters. The minimum atomic E-state index is -0.215. The Morgan fingerprint density at radius 1 is 1.36 bits per heavy atom. The fraction of sp³-hybridized carbons (Fsp3) is 0.500. The highest BCUT2D eigenvalue weighted by molar-refractivity contribution is 5.71. The number of ether oxygens (including phenoxy) is 1. The molecule has 1 rings (SSSR count). The number of carbonyl (C=O) groups excluding carboxylic acids is 1. The number of esters is 1. The van der Waals surface area contributed by atoms with Crippen molar-refractivity contribution in [1.29, 1.82) is 0 Å². The van der Waals surface area contributed by atoms with E-state index in [9.17, 15) is 4.79 Å². The number of hydrogen-bond acceptors (Lipinski definition) is 4. The topological polar surface area (TPSA) is 52.1 Å². The monoisotopic (exact) mass is 194 g/mol. The quantitative estimate of drug-likeness (QED) is 0.531. The minimum Gasteiger partial charge on any atom is -0.423 e. The zero-order valence-corrected chi connectivity index (χ0v) is 8.27. The van der Waals surface area contributed by atoms with Gasteiger partial charge in [-0.3, -0.25) is 4.79 Å². The van der Waals surface area contributed by atoms with E-state index < -0.39 is 0 Å². The zero-order chi connectivity index (χ0) is 10.2. The molecule has 76 valence electrons. The first-order chi connectivity index (χ1) is 6.83. The van der Waals surface area contributed by atoms with Crippen molar-refractivity contribution in [2.45, 2.75) is 32.6 Å². The molecule has 0 N–H and O–H groups in total. The molecule has 0 amide bonds. The molecule has 0 radical (unpaired) electrons. The van der Waals surface area contributed by atoms with E-state index in [-0.39, 0.29) is 5.97 Å². The summed E-state index contributed by atoms with van der Waals surface area (Å²) >= 11 is 0. The summed E-state index contributed by atoms with van der Waals surface area (Å²) < 4.78 is 5.00. The van der Waals surface area contributed by atoms with Gasteiger partial charge in [0.25, 0.3) is 0 Å². The maximum atomic E-state index is 11.2. The summed E-state index contributed by atoms with van der Waals surface area (Å²) in [4.78, 5) is 18.7. The van der Waals surface area contributed by atoms with Crippen LogP contribution < -0.4 is 4.74 Å². The highest BCUT2D eigenvalue weighted by atomic mass is 16.5. The average molecular weight is 194 g/mol. The predicted molar refractivity (Wildman–Crippen MR) is 51.8 cm³/mol. The van der Waals surface area contributed by atoms with Crippen LogP contribution in [0.15, 0.2) is 18.7 Å². The van der Waals surface area contributed by atoms with Gasteiger partial charge in [0.05, 0.1) is 12.4 Å². The van der Waals surface area contributed by atoms with Gasteiger partial charge >= 0.3 is 5.97 Å². The molecule has 0 aliphatic heterocycles. The van der Waals surface area contributed by atoms with Crippen LogP contribution in [0, 0.1) is 0 Å². The molecular weight excluding hydrogens is 180 g/mol. The molecule has 0 aliphatic carbocycles. The third-order valence-corrected chi connectivity index (χ3v) is 1.75. The van der Waals surface area contributed by atoms with Crippen LogP contribution in [0.3, 0.4) is 0 Å². The lowest BCUT2D eigenvalue weighted by molar-refractivity contribution is -0.134. The highest BCUT2D eigenvalue weighted by Gasteiger charge is 2.03. The Labute approximate surface area is 83.3 Å². The van der Waals surface area contributed by atoms with Gasteiger partial charge in [0.1, 0.15) is 6.33 Å². The summed E-state index contributed by atoms with van der Waals surface area (Å²) in [5.74, 6) is 0.197. The second-order valence-corrected chi connectivity index (χ2v) is 3.01. The Bertz CT molecular complexity index is 275. The van der Waals surface area contributed by atoms with Gasteiger partial charge < -0.3 is 4.74 Å². The molecule has 0 aliphatic rings. The van der Waals surface area contributed by atoms with Crippen molar-refractivity contribution in [1.82, 2.24) is 9.97 Å². The smallest absolute Gasteiger partial charge is 0.311 e. The zero-order valence-electron chi connectivity index (χ0n) is 8.27. The van der Waals surface area contributed by atoms with Crippen LogP contribution in [0.25, 0.3) is 0 Å². The van der Waals surface area contributed by atoms with Crippen molar-refractivity contribution in [2.24, 2.45) is 0 Å². The Hall–Kier alpha value is -1.45. The van der Waals surface area contributed by atoms with Gasteiger partial charge in [-0.05, 0) is 6.42 Å². The number of hydrogen-bond donors (Lipinski definition) is 0. The summed E-state index contributed by atoms with van der Waals surface area (Å²) in [6, 6.07) is 0. The van der Waals surface area contributed by atoms with E-state index in [2.05, 4.69) is 16.9 Å². The molecule has 0 spiro atoms. The van der Waals surface area contributed by atoms with E-state index in [1.165, 1.54) is 18.7 Å². The molecule has 14 heavy (non-hydrogen) atoms. The number of carbonyl (C=O) groups is 1. The van der Waals surface area contributed by atoms with Crippen LogP contribution in [-0.4, -0.2) is 15.9 Å². The Morgan fingerprint density at radius 3 is 2.71 bits per heavy atom. The first kappa shape index (κ1) is 10.6. The molecule has 4 heteroatoms. The molecular formula is C10H14N2O2. The Kier molecular flexibility index (Phi) is 4.61. The van der Waals surface area contributed by atoms with Crippen LogP contribution in [-0.2, 0) is 4.79 Å². The van der Waals surface area contributed by atoms with Gasteiger partial charge in [0.15, 0.2) is 5.75 Å². The van der Waals surface area contributed by atoms with Gasteiger partial charge in [0, 0.05) is 6.42 Å². The normalized spacial score (nSPS) is 9.79. The third kappa shape index (κ3) is 3.98. The van der Waals surface area contributed by atoms with Crippen molar-refractivity contribution in [3.8, 4) is 5.75 Å². The average Bonchev–Trinajstić information content (AvgIpc) is 2.20. The van der Waals surface area contributed by atoms with Crippen LogP contribution in [0.1, 0.15) is 32.6 Å². The van der Waals surface area contributed by atoms with Crippen molar-refractivity contribution >= 4 is 5.97 Å². The first-order valence-electron chi connectivity index (χ1n) is 4.78. The molecule has 0 fully saturated rings. The summed E-state index contributed by atoms with van der Waals surface area (Å²) in [5.41, 5.74) is 0. The molecule has 0 atom stereocenters. The van der Waals surface area contributed by atoms with Crippen molar-refractivity contribution in [2.75, 3.05) is 0 Å². The SMILES string of the molecule is CCCCCC(=O)Oc1cncnc1. The van der Waals surface area contributed by atoms with Crippen molar-refractivity contribution < 1.29 is 9.53 Å². The largest absolute Gasteiger partial charge is 0.423 e. The lowest BCUT2D eigenvalue weighted by Gasteiger charge is -2.01. The molecule has 4 nitrogen and oxygen atoms in total. The number of nitrogens with zero attached hydrogens (tertiary/aromatic N) is 2. The molecule has 0 aromatic carbocycles. The van der Waals surface area contributed by atoms with Gasteiger partial charge in [-0.1, -0.05) is 19.8 Å². The second kappa shape index (κ2) is 6.07. The van der Waals surface area contributed by atoms with Crippen LogP contribution >= 0.6 is 0 Å². The van der Waals surface area contributed by atoms with E-state index in [1.54, 1.807) is 0 Å². The van der Waals surface area contributed by atoms with E-state index >= 15 is 0 Å². The lowest BCUT2D eigenvalue weighted by atomic mass is 10.2. The Morgan fingerprint density at radius 2 is 2.07 bits per heavy atom. The van der Waals surface area contributed by atoms with Crippen molar-refractivity contribution in [3.63, 3.8) is 0 Å². The molecule has 0 bridgehead atoms. The summed E-state index contributed by atoms with van der Waals surface area (Å²) in [7, 11) is 0. The summed E-state index contributed by atoms with van der Waals surface area (Å²) in [6.07, 6.45) is 7.84. The summed E-state index contributed by atoms with van der Waals surface area (Å²) in [5, 5.41) is 0. The van der Waals surface area contributed by atoms with Gasteiger partial charge in [-0.2, -0.15) is 0 Å². The minimum absolute atomic E-state index is 0.215. The van der Waals surface area contributed by atoms with E-state index in [0.29, 0.717) is 12.2 Å². The summed E-state index contributed by atoms with van der Waals surface area (Å²) in [6.45, 7) is 2.09. The highest BCUT2D eigenvalue weighted by Crippen LogP contribution is 2.07. The third-order valence-electron chi connectivity index (χ3n) is 1.75. The number of unbranched alkanes of at least 4 members (excludes halogenated alkanes) is 2. The van der Waals surface area contributed by atoms with Crippen LogP contribution in [0.4, 0.5) is 0 Å². The van der Waals surface area contributed by atoms with Gasteiger partial charge in [-0.15, -0.1) is 0 Å². The molecule has 0 saturated heterocycles. The van der Waals surface area contributed by atoms with Gasteiger partial charge in [-0.25, -0.2) is 9.97 Å².